The van der Waals surface area contributed by atoms with Gasteiger partial charge in [0.05, 0.1) is 12.9 Å². The van der Waals surface area contributed by atoms with Crippen LogP contribution in [0.3, 0.4) is 0 Å². The van der Waals surface area contributed by atoms with Gasteiger partial charge >= 0.3 is 0 Å². The highest BCUT2D eigenvalue weighted by molar-refractivity contribution is 5.28. The SMILES string of the molecule is CC1(C)C=CC(O)(C2=COCC2)CC1. The number of allylic oxidation sites excluding steroid dienone is 1. The van der Waals surface area contributed by atoms with Crippen LogP contribution in [0.2, 0.25) is 0 Å². The normalized spacial score (nSPS) is 35.2. The molecule has 0 bridgehead atoms. The van der Waals surface area contributed by atoms with Crippen LogP contribution in [-0.4, -0.2) is 17.3 Å². The molecule has 1 aliphatic heterocycles. The molecule has 0 spiro atoms. The molecule has 1 heterocycles. The molecule has 2 rings (SSSR count). The fourth-order valence-corrected chi connectivity index (χ4v) is 2.02. The highest BCUT2D eigenvalue weighted by Gasteiger charge is 2.36. The average Bonchev–Trinajstić information content (AvgIpc) is 2.64. The van der Waals surface area contributed by atoms with Crippen LogP contribution in [0.25, 0.3) is 0 Å². The molecule has 2 nitrogen and oxygen atoms in total. The summed E-state index contributed by atoms with van der Waals surface area (Å²) >= 11 is 0. The first kappa shape index (κ1) is 9.78. The van der Waals surface area contributed by atoms with Crippen LogP contribution in [0.4, 0.5) is 0 Å². The summed E-state index contributed by atoms with van der Waals surface area (Å²) in [5.74, 6) is 0. The van der Waals surface area contributed by atoms with E-state index in [1.807, 2.05) is 6.08 Å². The van der Waals surface area contributed by atoms with Gasteiger partial charge < -0.3 is 9.84 Å². The second-order valence-electron chi connectivity index (χ2n) is 5.01. The first-order chi connectivity index (χ1) is 6.52. The Morgan fingerprint density at radius 3 is 2.57 bits per heavy atom. The topological polar surface area (TPSA) is 29.5 Å². The van der Waals surface area contributed by atoms with E-state index >= 15 is 0 Å². The van der Waals surface area contributed by atoms with Crippen molar-refractivity contribution in [1.82, 2.24) is 0 Å². The third kappa shape index (κ3) is 1.71. The van der Waals surface area contributed by atoms with Crippen molar-refractivity contribution in [3.63, 3.8) is 0 Å². The lowest BCUT2D eigenvalue weighted by Crippen LogP contribution is -2.33. The van der Waals surface area contributed by atoms with Crippen molar-refractivity contribution in [2.45, 2.75) is 38.7 Å². The van der Waals surface area contributed by atoms with Crippen molar-refractivity contribution in [3.8, 4) is 0 Å². The van der Waals surface area contributed by atoms with Crippen LogP contribution in [0.15, 0.2) is 24.0 Å². The minimum atomic E-state index is -0.730. The largest absolute Gasteiger partial charge is 0.501 e. The predicted octanol–water partition coefficient (Wildman–Crippen LogP) is 2.40. The average molecular weight is 194 g/mol. The van der Waals surface area contributed by atoms with E-state index in [1.54, 1.807) is 6.26 Å². The van der Waals surface area contributed by atoms with Gasteiger partial charge in [0.25, 0.3) is 0 Å². The van der Waals surface area contributed by atoms with Crippen LogP contribution >= 0.6 is 0 Å². The van der Waals surface area contributed by atoms with Gasteiger partial charge in [-0.3, -0.25) is 0 Å². The maximum absolute atomic E-state index is 10.4. The third-order valence-electron chi connectivity index (χ3n) is 3.23. The van der Waals surface area contributed by atoms with Crippen LogP contribution in [0.1, 0.15) is 33.1 Å². The molecule has 0 radical (unpaired) electrons. The summed E-state index contributed by atoms with van der Waals surface area (Å²) in [6.45, 7) is 5.11. The molecule has 0 aromatic heterocycles. The van der Waals surface area contributed by atoms with Crippen LogP contribution in [0, 0.1) is 5.41 Å². The van der Waals surface area contributed by atoms with Gasteiger partial charge in [-0.2, -0.15) is 0 Å². The monoisotopic (exact) mass is 194 g/mol. The molecule has 0 amide bonds. The van der Waals surface area contributed by atoms with E-state index in [1.165, 1.54) is 0 Å². The molecular formula is C12H18O2. The van der Waals surface area contributed by atoms with E-state index in [4.69, 9.17) is 4.74 Å². The Labute approximate surface area is 85.3 Å². The molecule has 1 atom stereocenters. The van der Waals surface area contributed by atoms with E-state index < -0.39 is 5.60 Å². The Morgan fingerprint density at radius 2 is 2.07 bits per heavy atom. The molecule has 78 valence electrons. The third-order valence-corrected chi connectivity index (χ3v) is 3.23. The summed E-state index contributed by atoms with van der Waals surface area (Å²) in [6.07, 6.45) is 8.49. The number of rotatable bonds is 1. The van der Waals surface area contributed by atoms with Crippen molar-refractivity contribution in [3.05, 3.63) is 24.0 Å². The van der Waals surface area contributed by atoms with Gasteiger partial charge in [-0.1, -0.05) is 26.0 Å². The first-order valence-corrected chi connectivity index (χ1v) is 5.26. The zero-order valence-corrected chi connectivity index (χ0v) is 8.92. The van der Waals surface area contributed by atoms with Gasteiger partial charge in [0, 0.05) is 12.0 Å². The van der Waals surface area contributed by atoms with E-state index in [2.05, 4.69) is 19.9 Å². The van der Waals surface area contributed by atoms with Crippen LogP contribution in [0.5, 0.6) is 0 Å². The lowest BCUT2D eigenvalue weighted by molar-refractivity contribution is 0.0937. The van der Waals surface area contributed by atoms with E-state index in [9.17, 15) is 5.11 Å². The molecule has 0 aromatic rings. The number of hydrogen-bond donors (Lipinski definition) is 1. The summed E-state index contributed by atoms with van der Waals surface area (Å²) in [7, 11) is 0. The van der Waals surface area contributed by atoms with Crippen molar-refractivity contribution < 1.29 is 9.84 Å². The van der Waals surface area contributed by atoms with E-state index in [-0.39, 0.29) is 5.41 Å². The molecule has 0 saturated carbocycles. The Balaban J connectivity index is 2.19. The summed E-state index contributed by atoms with van der Waals surface area (Å²) in [4.78, 5) is 0. The quantitative estimate of drug-likeness (QED) is 0.649. The number of hydrogen-bond acceptors (Lipinski definition) is 2. The Hall–Kier alpha value is -0.760. The molecule has 0 aromatic carbocycles. The van der Waals surface area contributed by atoms with Crippen molar-refractivity contribution in [2.75, 3.05) is 6.61 Å². The summed E-state index contributed by atoms with van der Waals surface area (Å²) in [5, 5.41) is 10.4. The molecule has 1 unspecified atom stereocenters. The van der Waals surface area contributed by atoms with Gasteiger partial charge in [0.2, 0.25) is 0 Å². The van der Waals surface area contributed by atoms with Crippen molar-refractivity contribution >= 4 is 0 Å². The van der Waals surface area contributed by atoms with Crippen molar-refractivity contribution in [2.24, 2.45) is 5.41 Å². The fourth-order valence-electron chi connectivity index (χ4n) is 2.02. The minimum absolute atomic E-state index is 0.228. The predicted molar refractivity (Wildman–Crippen MR) is 55.8 cm³/mol. The minimum Gasteiger partial charge on any atom is -0.501 e. The highest BCUT2D eigenvalue weighted by Crippen LogP contribution is 2.39. The smallest absolute Gasteiger partial charge is 0.107 e. The summed E-state index contributed by atoms with van der Waals surface area (Å²) in [5.41, 5.74) is 0.530. The Kier molecular flexibility index (Phi) is 2.18. The first-order valence-electron chi connectivity index (χ1n) is 5.26. The molecule has 0 saturated heterocycles. The second kappa shape index (κ2) is 3.13. The summed E-state index contributed by atoms with van der Waals surface area (Å²) in [6, 6.07) is 0. The molecule has 2 aliphatic rings. The van der Waals surface area contributed by atoms with Gasteiger partial charge in [-0.25, -0.2) is 0 Å². The Bertz CT molecular complexity index is 289. The maximum atomic E-state index is 10.4. The zero-order valence-electron chi connectivity index (χ0n) is 8.92. The molecule has 0 fully saturated rings. The maximum Gasteiger partial charge on any atom is 0.107 e. The Morgan fingerprint density at radius 1 is 1.29 bits per heavy atom. The van der Waals surface area contributed by atoms with Crippen LogP contribution in [-0.2, 0) is 4.74 Å². The molecule has 1 N–H and O–H groups in total. The van der Waals surface area contributed by atoms with E-state index in [0.29, 0.717) is 0 Å². The van der Waals surface area contributed by atoms with Gasteiger partial charge in [0.15, 0.2) is 0 Å². The summed E-state index contributed by atoms with van der Waals surface area (Å²) < 4.78 is 5.17. The van der Waals surface area contributed by atoms with Gasteiger partial charge in [0.1, 0.15) is 5.60 Å². The molecular weight excluding hydrogens is 176 g/mol. The lowest BCUT2D eigenvalue weighted by atomic mass is 9.74. The number of ether oxygens (including phenoxy) is 1. The molecule has 14 heavy (non-hydrogen) atoms. The lowest BCUT2D eigenvalue weighted by Gasteiger charge is -2.35. The number of aliphatic hydroxyl groups is 1. The second-order valence-corrected chi connectivity index (χ2v) is 5.01. The molecule has 1 aliphatic carbocycles. The standard InChI is InChI=1S/C12H18O2/c1-11(2)4-6-12(13,7-5-11)10-3-8-14-9-10/h4,6,9,13H,3,5,7-8H2,1-2H3. The fraction of sp³-hybridized carbons (Fsp3) is 0.667. The van der Waals surface area contributed by atoms with Crippen molar-refractivity contribution in [1.29, 1.82) is 0 Å². The van der Waals surface area contributed by atoms with E-state index in [0.717, 1.165) is 31.4 Å². The highest BCUT2D eigenvalue weighted by atomic mass is 16.5. The van der Waals surface area contributed by atoms with Crippen LogP contribution < -0.4 is 0 Å². The zero-order chi connectivity index (χ0) is 10.2. The van der Waals surface area contributed by atoms with Gasteiger partial charge in [-0.05, 0) is 18.3 Å². The molecule has 2 heteroatoms. The van der Waals surface area contributed by atoms with Gasteiger partial charge in [-0.15, -0.1) is 0 Å².